The van der Waals surface area contributed by atoms with Crippen LogP contribution in [-0.4, -0.2) is 62.4 Å². The van der Waals surface area contributed by atoms with Crippen LogP contribution in [0.25, 0.3) is 0 Å². The Labute approximate surface area is 155 Å². The van der Waals surface area contributed by atoms with E-state index in [0.29, 0.717) is 45.4 Å². The van der Waals surface area contributed by atoms with E-state index in [2.05, 4.69) is 16.9 Å². The summed E-state index contributed by atoms with van der Waals surface area (Å²) >= 11 is 0. The number of rotatable bonds is 7. The summed E-state index contributed by atoms with van der Waals surface area (Å²) in [6.07, 6.45) is 1.43. The van der Waals surface area contributed by atoms with Crippen LogP contribution in [0, 0.1) is 0 Å². The molecule has 1 saturated heterocycles. The van der Waals surface area contributed by atoms with Gasteiger partial charge in [0.05, 0.1) is 26.4 Å². The minimum absolute atomic E-state index is 0. The molecule has 0 aliphatic carbocycles. The number of likely N-dealkylation sites (tertiary alicyclic amines) is 1. The second kappa shape index (κ2) is 12.4. The normalized spacial score (nSPS) is 15.7. The zero-order valence-corrected chi connectivity index (χ0v) is 16.4. The average Bonchev–Trinajstić information content (AvgIpc) is 2.47. The van der Waals surface area contributed by atoms with Gasteiger partial charge in [0.1, 0.15) is 0 Å². The van der Waals surface area contributed by atoms with Gasteiger partial charge in [0, 0.05) is 19.1 Å². The number of amides is 1. The molecule has 0 saturated carbocycles. The van der Waals surface area contributed by atoms with Gasteiger partial charge in [-0.2, -0.15) is 0 Å². The van der Waals surface area contributed by atoms with Gasteiger partial charge in [-0.1, -0.05) is 12.2 Å². The second-order valence-corrected chi connectivity index (χ2v) is 5.38. The van der Waals surface area contributed by atoms with Crippen LogP contribution < -0.4 is 11.1 Å². The summed E-state index contributed by atoms with van der Waals surface area (Å²) in [5.41, 5.74) is 6.84. The molecular weight excluding hydrogens is 411 g/mol. The molecule has 0 atom stereocenters. The van der Waals surface area contributed by atoms with Crippen LogP contribution in [0.4, 0.5) is 4.79 Å². The standard InChI is InChI=1S/C15H28N4O3.HI/c1-4-22-15(20)19-8-5-13(6-9-19)18-14(16)17-7-10-21-11-12(2)3;/h13H,2,4-11H2,1,3H3,(H3,16,17,18);1H. The Morgan fingerprint density at radius 3 is 2.65 bits per heavy atom. The molecule has 0 aromatic carbocycles. The summed E-state index contributed by atoms with van der Waals surface area (Å²) < 4.78 is 10.3. The molecule has 0 unspecified atom stereocenters. The zero-order valence-electron chi connectivity index (χ0n) is 14.0. The fourth-order valence-electron chi connectivity index (χ4n) is 2.15. The summed E-state index contributed by atoms with van der Waals surface area (Å²) in [4.78, 5) is 17.5. The zero-order chi connectivity index (χ0) is 16.4. The van der Waals surface area contributed by atoms with Crippen molar-refractivity contribution >= 4 is 36.0 Å². The summed E-state index contributed by atoms with van der Waals surface area (Å²) in [7, 11) is 0. The van der Waals surface area contributed by atoms with Gasteiger partial charge in [0.2, 0.25) is 0 Å². The lowest BCUT2D eigenvalue weighted by Gasteiger charge is -2.31. The maximum absolute atomic E-state index is 11.6. The average molecular weight is 440 g/mol. The second-order valence-electron chi connectivity index (χ2n) is 5.38. The van der Waals surface area contributed by atoms with Gasteiger partial charge in [-0.25, -0.2) is 4.79 Å². The van der Waals surface area contributed by atoms with E-state index in [0.717, 1.165) is 18.4 Å². The molecule has 0 radical (unpaired) electrons. The highest BCUT2D eigenvalue weighted by Crippen LogP contribution is 2.11. The maximum atomic E-state index is 11.6. The number of halogens is 1. The van der Waals surface area contributed by atoms with E-state index >= 15 is 0 Å². The molecule has 3 N–H and O–H groups in total. The van der Waals surface area contributed by atoms with E-state index in [4.69, 9.17) is 15.2 Å². The van der Waals surface area contributed by atoms with Crippen molar-refractivity contribution in [1.29, 1.82) is 0 Å². The number of guanidine groups is 1. The van der Waals surface area contributed by atoms with E-state index in [1.165, 1.54) is 0 Å². The van der Waals surface area contributed by atoms with Crippen LogP contribution in [-0.2, 0) is 9.47 Å². The predicted molar refractivity (Wildman–Crippen MR) is 102 cm³/mol. The third-order valence-corrected chi connectivity index (χ3v) is 3.24. The molecule has 1 heterocycles. The van der Waals surface area contributed by atoms with Crippen molar-refractivity contribution in [3.05, 3.63) is 12.2 Å². The first-order chi connectivity index (χ1) is 10.5. The Bertz CT molecular complexity index is 396. The first-order valence-electron chi connectivity index (χ1n) is 7.73. The number of carbonyl (C=O) groups excluding carboxylic acids is 1. The first kappa shape index (κ1) is 22.0. The van der Waals surface area contributed by atoms with E-state index in [1.807, 2.05) is 13.8 Å². The van der Waals surface area contributed by atoms with Crippen LogP contribution in [0.3, 0.4) is 0 Å². The topological polar surface area (TPSA) is 89.2 Å². The predicted octanol–water partition coefficient (Wildman–Crippen LogP) is 1.72. The Morgan fingerprint density at radius 1 is 1.43 bits per heavy atom. The highest BCUT2D eigenvalue weighted by Gasteiger charge is 2.23. The van der Waals surface area contributed by atoms with Crippen molar-refractivity contribution in [2.24, 2.45) is 10.7 Å². The van der Waals surface area contributed by atoms with Gasteiger partial charge in [0.15, 0.2) is 5.96 Å². The van der Waals surface area contributed by atoms with Crippen LogP contribution >= 0.6 is 24.0 Å². The van der Waals surface area contributed by atoms with Crippen LogP contribution in [0.15, 0.2) is 17.1 Å². The number of nitrogens with two attached hydrogens (primary N) is 1. The molecule has 0 spiro atoms. The van der Waals surface area contributed by atoms with Crippen molar-refractivity contribution in [3.8, 4) is 0 Å². The highest BCUT2D eigenvalue weighted by molar-refractivity contribution is 14.0. The molecule has 0 bridgehead atoms. The minimum Gasteiger partial charge on any atom is -0.450 e. The summed E-state index contributed by atoms with van der Waals surface area (Å²) in [6.45, 7) is 10.8. The molecule has 1 aliphatic heterocycles. The summed E-state index contributed by atoms with van der Waals surface area (Å²) in [5, 5.41) is 3.19. The molecule has 7 nitrogen and oxygen atoms in total. The molecule has 1 amide bonds. The maximum Gasteiger partial charge on any atom is 0.409 e. The molecule has 0 aromatic heterocycles. The number of carbonyl (C=O) groups is 1. The highest BCUT2D eigenvalue weighted by atomic mass is 127. The molecule has 134 valence electrons. The molecular formula is C15H29IN4O3. The number of aliphatic imine (C=N–C) groups is 1. The van der Waals surface area contributed by atoms with E-state index in [-0.39, 0.29) is 36.1 Å². The largest absolute Gasteiger partial charge is 0.450 e. The van der Waals surface area contributed by atoms with Gasteiger partial charge in [-0.3, -0.25) is 4.99 Å². The number of piperidine rings is 1. The summed E-state index contributed by atoms with van der Waals surface area (Å²) in [6, 6.07) is 0.241. The quantitative estimate of drug-likeness (QED) is 0.207. The van der Waals surface area contributed by atoms with E-state index in [1.54, 1.807) is 4.90 Å². The minimum atomic E-state index is -0.239. The number of ether oxygens (including phenoxy) is 2. The number of hydrogen-bond donors (Lipinski definition) is 2. The van der Waals surface area contributed by atoms with E-state index in [9.17, 15) is 4.79 Å². The lowest BCUT2D eigenvalue weighted by molar-refractivity contribution is 0.0963. The molecule has 1 aliphatic rings. The first-order valence-corrected chi connectivity index (χ1v) is 7.73. The van der Waals surface area contributed by atoms with Gasteiger partial charge in [0.25, 0.3) is 0 Å². The SMILES string of the molecule is C=C(C)COCCN=C(N)NC1CCN(C(=O)OCC)CC1.I. The Hall–Kier alpha value is -1.03. The lowest BCUT2D eigenvalue weighted by Crippen LogP contribution is -2.48. The number of nitrogens with zero attached hydrogens (tertiary/aromatic N) is 2. The Balaban J connectivity index is 0.00000484. The van der Waals surface area contributed by atoms with Crippen molar-refractivity contribution in [3.63, 3.8) is 0 Å². The fraction of sp³-hybridized carbons (Fsp3) is 0.733. The Kier molecular flexibility index (Phi) is 11.8. The Morgan fingerprint density at radius 2 is 2.09 bits per heavy atom. The van der Waals surface area contributed by atoms with Gasteiger partial charge in [-0.15, -0.1) is 24.0 Å². The summed E-state index contributed by atoms with van der Waals surface area (Å²) in [5.74, 6) is 0.425. The molecule has 23 heavy (non-hydrogen) atoms. The molecule has 1 fully saturated rings. The van der Waals surface area contributed by atoms with Gasteiger partial charge in [-0.05, 0) is 26.7 Å². The van der Waals surface area contributed by atoms with Crippen molar-refractivity contribution in [2.75, 3.05) is 39.5 Å². The number of hydrogen-bond acceptors (Lipinski definition) is 4. The fourth-order valence-corrected chi connectivity index (χ4v) is 2.15. The van der Waals surface area contributed by atoms with Gasteiger partial charge < -0.3 is 25.4 Å². The van der Waals surface area contributed by atoms with Crippen LogP contribution in [0.1, 0.15) is 26.7 Å². The van der Waals surface area contributed by atoms with Crippen molar-refractivity contribution in [2.45, 2.75) is 32.7 Å². The monoisotopic (exact) mass is 440 g/mol. The number of nitrogens with one attached hydrogen (secondary N) is 1. The molecule has 8 heteroatoms. The van der Waals surface area contributed by atoms with Gasteiger partial charge >= 0.3 is 6.09 Å². The van der Waals surface area contributed by atoms with Crippen molar-refractivity contribution in [1.82, 2.24) is 10.2 Å². The third-order valence-electron chi connectivity index (χ3n) is 3.24. The molecule has 1 rings (SSSR count). The van der Waals surface area contributed by atoms with Crippen LogP contribution in [0.2, 0.25) is 0 Å². The lowest BCUT2D eigenvalue weighted by atomic mass is 10.1. The molecule has 0 aromatic rings. The van der Waals surface area contributed by atoms with Crippen molar-refractivity contribution < 1.29 is 14.3 Å². The van der Waals surface area contributed by atoms with Crippen LogP contribution in [0.5, 0.6) is 0 Å². The third kappa shape index (κ3) is 9.65. The van der Waals surface area contributed by atoms with E-state index < -0.39 is 0 Å². The smallest absolute Gasteiger partial charge is 0.409 e.